The number of halogens is 1. The number of pyridine rings is 1. The first-order valence-corrected chi connectivity index (χ1v) is 13.5. The summed E-state index contributed by atoms with van der Waals surface area (Å²) in [5.41, 5.74) is 4.22. The van der Waals surface area contributed by atoms with Crippen LogP contribution in [0.2, 0.25) is 5.02 Å². The summed E-state index contributed by atoms with van der Waals surface area (Å²) in [7, 11) is 0. The van der Waals surface area contributed by atoms with E-state index in [0.29, 0.717) is 24.5 Å². The third-order valence-corrected chi connectivity index (χ3v) is 7.62. The predicted octanol–water partition coefficient (Wildman–Crippen LogP) is 7.93. The molecule has 0 aliphatic rings. The van der Waals surface area contributed by atoms with E-state index in [9.17, 15) is 9.90 Å². The number of carbonyl (C=O) groups is 1. The molecule has 0 atom stereocenters. The third-order valence-electron chi connectivity index (χ3n) is 6.10. The van der Waals surface area contributed by atoms with E-state index in [2.05, 4.69) is 30.7 Å². The largest absolute Gasteiger partial charge is 0.489 e. The van der Waals surface area contributed by atoms with Crippen molar-refractivity contribution in [3.8, 4) is 5.75 Å². The molecule has 0 radical (unpaired) electrons. The lowest BCUT2D eigenvalue weighted by molar-refractivity contribution is -0.146. The first kappa shape index (κ1) is 27.1. The van der Waals surface area contributed by atoms with Crippen molar-refractivity contribution in [1.29, 1.82) is 0 Å². The van der Waals surface area contributed by atoms with E-state index < -0.39 is 11.4 Å². The number of nitrogens with zero attached hydrogens (tertiary/aromatic N) is 1. The topological polar surface area (TPSA) is 75.2 Å². The van der Waals surface area contributed by atoms with Crippen molar-refractivity contribution in [3.63, 3.8) is 0 Å². The van der Waals surface area contributed by atoms with E-state index in [1.54, 1.807) is 38.0 Å². The molecular formula is C30H33ClN2O3S. The van der Waals surface area contributed by atoms with Crippen molar-refractivity contribution < 1.29 is 14.6 Å². The monoisotopic (exact) mass is 536 g/mol. The number of aliphatic carboxylic acids is 1. The normalized spacial score (nSPS) is 12.2. The summed E-state index contributed by atoms with van der Waals surface area (Å²) < 4.78 is 6.31. The standard InChI is InChI=1S/C30H33ClN2O3S/c1-29(2,3)37-27-24(17-30(4,5)28(34)35)33-23-10-11-25(36-18-20-12-14-32-15-13-20)22(26(23)27)16-19-6-8-21(31)9-7-19/h6-15,33H,16-18H2,1-5H3,(H,34,35). The van der Waals surface area contributed by atoms with Crippen molar-refractivity contribution in [1.82, 2.24) is 9.97 Å². The molecule has 0 unspecified atom stereocenters. The van der Waals surface area contributed by atoms with Gasteiger partial charge in [0.25, 0.3) is 0 Å². The maximum Gasteiger partial charge on any atom is 0.309 e. The molecule has 0 fully saturated rings. The number of ether oxygens (including phenoxy) is 1. The van der Waals surface area contributed by atoms with Gasteiger partial charge in [-0.3, -0.25) is 9.78 Å². The van der Waals surface area contributed by atoms with Crippen LogP contribution in [0.3, 0.4) is 0 Å². The van der Waals surface area contributed by atoms with E-state index in [1.165, 1.54) is 0 Å². The summed E-state index contributed by atoms with van der Waals surface area (Å²) >= 11 is 7.92. The summed E-state index contributed by atoms with van der Waals surface area (Å²) in [4.78, 5) is 20.7. The number of fused-ring (bicyclic) bond motifs is 1. The van der Waals surface area contributed by atoms with Crippen LogP contribution in [0.15, 0.2) is 65.8 Å². The second-order valence-electron chi connectivity index (χ2n) is 10.9. The maximum absolute atomic E-state index is 12.0. The number of rotatable bonds is 9. The van der Waals surface area contributed by atoms with Gasteiger partial charge >= 0.3 is 5.97 Å². The Labute approximate surface area is 227 Å². The van der Waals surface area contributed by atoms with Crippen LogP contribution in [0.1, 0.15) is 57.0 Å². The molecule has 0 aliphatic carbocycles. The zero-order chi connectivity index (χ0) is 26.8. The van der Waals surface area contributed by atoms with Crippen molar-refractivity contribution in [2.45, 2.75) is 63.7 Å². The van der Waals surface area contributed by atoms with Crippen LogP contribution in [0.25, 0.3) is 10.9 Å². The van der Waals surface area contributed by atoms with Gasteiger partial charge in [-0.15, -0.1) is 11.8 Å². The van der Waals surface area contributed by atoms with Gasteiger partial charge < -0.3 is 14.8 Å². The lowest BCUT2D eigenvalue weighted by Gasteiger charge is -2.23. The molecule has 194 valence electrons. The van der Waals surface area contributed by atoms with Gasteiger partial charge in [0.15, 0.2) is 0 Å². The Hall–Kier alpha value is -2.96. The van der Waals surface area contributed by atoms with E-state index >= 15 is 0 Å². The van der Waals surface area contributed by atoms with Gasteiger partial charge in [-0.05, 0) is 61.4 Å². The highest BCUT2D eigenvalue weighted by Gasteiger charge is 2.32. The zero-order valence-corrected chi connectivity index (χ0v) is 23.5. The molecule has 0 saturated heterocycles. The Balaban J connectivity index is 1.88. The molecule has 37 heavy (non-hydrogen) atoms. The van der Waals surface area contributed by atoms with Crippen LogP contribution >= 0.6 is 23.4 Å². The predicted molar refractivity (Wildman–Crippen MR) is 152 cm³/mol. The summed E-state index contributed by atoms with van der Waals surface area (Å²) in [5.74, 6) is -0.0151. The molecule has 7 heteroatoms. The van der Waals surface area contributed by atoms with Gasteiger partial charge in [0.1, 0.15) is 12.4 Å². The molecule has 4 rings (SSSR count). The van der Waals surface area contributed by atoms with Gasteiger partial charge in [0, 0.05) is 62.1 Å². The minimum atomic E-state index is -0.912. The average Bonchev–Trinajstić information content (AvgIpc) is 3.15. The molecule has 2 aromatic heterocycles. The Morgan fingerprint density at radius 1 is 1.00 bits per heavy atom. The molecule has 0 aliphatic heterocycles. The molecule has 0 spiro atoms. The fourth-order valence-electron chi connectivity index (χ4n) is 4.18. The van der Waals surface area contributed by atoms with E-state index in [0.717, 1.165) is 43.9 Å². The number of aromatic amines is 1. The first-order valence-electron chi connectivity index (χ1n) is 12.3. The second kappa shape index (κ2) is 10.8. The van der Waals surface area contributed by atoms with Crippen molar-refractivity contribution in [2.75, 3.05) is 0 Å². The van der Waals surface area contributed by atoms with Crippen LogP contribution in [0, 0.1) is 5.41 Å². The lowest BCUT2D eigenvalue weighted by atomic mass is 9.88. The molecule has 2 N–H and O–H groups in total. The molecule has 4 aromatic rings. The Kier molecular flexibility index (Phi) is 7.91. The van der Waals surface area contributed by atoms with Gasteiger partial charge in [-0.2, -0.15) is 0 Å². The number of aromatic nitrogens is 2. The first-order chi connectivity index (χ1) is 17.4. The number of hydrogen-bond acceptors (Lipinski definition) is 4. The molecule has 0 bridgehead atoms. The number of nitrogens with one attached hydrogen (secondary N) is 1. The van der Waals surface area contributed by atoms with Crippen LogP contribution in [0.5, 0.6) is 5.75 Å². The second-order valence-corrected chi connectivity index (χ2v) is 13.2. The average molecular weight is 537 g/mol. The van der Waals surface area contributed by atoms with Gasteiger partial charge in [-0.25, -0.2) is 0 Å². The molecule has 2 aromatic carbocycles. The summed E-state index contributed by atoms with van der Waals surface area (Å²) in [6, 6.07) is 15.8. The van der Waals surface area contributed by atoms with Crippen LogP contribution < -0.4 is 4.74 Å². The number of carboxylic acid groups (broad SMARTS) is 1. The highest BCUT2D eigenvalue weighted by molar-refractivity contribution is 8.00. The fraction of sp³-hybridized carbons (Fsp3) is 0.333. The van der Waals surface area contributed by atoms with Gasteiger partial charge in [-0.1, -0.05) is 44.5 Å². The molecule has 2 heterocycles. The number of H-pyrrole nitrogens is 1. The Bertz CT molecular complexity index is 1390. The SMILES string of the molecule is CC(C)(C)Sc1c(CC(C)(C)C(=O)O)[nH]c2ccc(OCc3ccncc3)c(Cc3ccc(Cl)cc3)c12. The van der Waals surface area contributed by atoms with Crippen LogP contribution in [0.4, 0.5) is 0 Å². The quantitative estimate of drug-likeness (QED) is 0.212. The van der Waals surface area contributed by atoms with Crippen molar-refractivity contribution >= 4 is 40.2 Å². The van der Waals surface area contributed by atoms with Crippen LogP contribution in [-0.2, 0) is 24.2 Å². The Morgan fingerprint density at radius 2 is 1.68 bits per heavy atom. The highest BCUT2D eigenvalue weighted by atomic mass is 35.5. The zero-order valence-electron chi connectivity index (χ0n) is 21.9. The van der Waals surface area contributed by atoms with Gasteiger partial charge in [0.05, 0.1) is 5.41 Å². The fourth-order valence-corrected chi connectivity index (χ4v) is 5.50. The molecule has 0 saturated carbocycles. The van der Waals surface area contributed by atoms with E-state index in [4.69, 9.17) is 16.3 Å². The minimum Gasteiger partial charge on any atom is -0.489 e. The summed E-state index contributed by atoms with van der Waals surface area (Å²) in [6.45, 7) is 10.5. The number of benzene rings is 2. The van der Waals surface area contributed by atoms with Crippen molar-refractivity contribution in [2.24, 2.45) is 5.41 Å². The Morgan fingerprint density at radius 3 is 2.30 bits per heavy atom. The molecule has 0 amide bonds. The lowest BCUT2D eigenvalue weighted by Crippen LogP contribution is -2.26. The minimum absolute atomic E-state index is 0.0807. The number of carboxylic acids is 1. The maximum atomic E-state index is 12.0. The van der Waals surface area contributed by atoms with Gasteiger partial charge in [0.2, 0.25) is 0 Å². The summed E-state index contributed by atoms with van der Waals surface area (Å²) in [5, 5.41) is 11.6. The summed E-state index contributed by atoms with van der Waals surface area (Å²) in [6.07, 6.45) is 4.56. The smallest absolute Gasteiger partial charge is 0.309 e. The number of thioether (sulfide) groups is 1. The molecular weight excluding hydrogens is 504 g/mol. The number of hydrogen-bond donors (Lipinski definition) is 2. The van der Waals surface area contributed by atoms with E-state index in [1.807, 2.05) is 48.5 Å². The third kappa shape index (κ3) is 6.68. The van der Waals surface area contributed by atoms with Crippen LogP contribution in [-0.4, -0.2) is 25.8 Å². The molecule has 5 nitrogen and oxygen atoms in total. The van der Waals surface area contributed by atoms with Crippen molar-refractivity contribution in [3.05, 3.63) is 88.3 Å². The highest BCUT2D eigenvalue weighted by Crippen LogP contribution is 2.45. The van der Waals surface area contributed by atoms with E-state index in [-0.39, 0.29) is 4.75 Å².